The maximum Gasteiger partial charge on any atom is 0.118 e. The largest absolute Gasteiger partial charge is 0.497 e. The van der Waals surface area contributed by atoms with E-state index in [2.05, 4.69) is 50.2 Å². The fourth-order valence-electron chi connectivity index (χ4n) is 1.79. The van der Waals surface area contributed by atoms with Crippen LogP contribution in [0, 0.1) is 0 Å². The Morgan fingerprint density at radius 1 is 0.789 bits per heavy atom. The smallest absolute Gasteiger partial charge is 0.118 e. The van der Waals surface area contributed by atoms with Crippen LogP contribution in [0.5, 0.6) is 5.75 Å². The minimum absolute atomic E-state index is 0.935. The van der Waals surface area contributed by atoms with Crippen molar-refractivity contribution in [2.24, 2.45) is 0 Å². The first kappa shape index (κ1) is 15.3. The summed E-state index contributed by atoms with van der Waals surface area (Å²) >= 11 is 0. The van der Waals surface area contributed by atoms with Crippen molar-refractivity contribution in [3.05, 3.63) is 65.7 Å². The van der Waals surface area contributed by atoms with E-state index < -0.39 is 0 Å². The molecule has 0 atom stereocenters. The van der Waals surface area contributed by atoms with Crippen molar-refractivity contribution < 1.29 is 4.74 Å². The Labute approximate surface area is 117 Å². The van der Waals surface area contributed by atoms with Crippen LogP contribution in [0.25, 0.3) is 0 Å². The molecule has 102 valence electrons. The third-order valence-corrected chi connectivity index (χ3v) is 2.95. The minimum atomic E-state index is 0.935. The van der Waals surface area contributed by atoms with Gasteiger partial charge in [-0.2, -0.15) is 0 Å². The first-order valence-corrected chi connectivity index (χ1v) is 6.97. The van der Waals surface area contributed by atoms with Crippen LogP contribution >= 0.6 is 0 Å². The van der Waals surface area contributed by atoms with Crippen LogP contribution in [0.1, 0.15) is 31.4 Å². The number of ether oxygens (including phenoxy) is 1. The second kappa shape index (κ2) is 9.21. The van der Waals surface area contributed by atoms with Crippen molar-refractivity contribution in [2.45, 2.75) is 33.1 Å². The molecule has 0 N–H and O–H groups in total. The second-order valence-corrected chi connectivity index (χ2v) is 4.44. The standard InChI is InChI=1S/C10H14O.C8H10/c1-3-4-9-5-7-10(11-2)8-6-9;1-2-8-6-4-3-5-7-8/h5-8H,3-4H2,1-2H3;3-7H,2H2,1H3. The minimum Gasteiger partial charge on any atom is -0.497 e. The average molecular weight is 256 g/mol. The average Bonchev–Trinajstić information content (AvgIpc) is 2.50. The SMILES string of the molecule is CCCc1ccc(OC)cc1.CCc1ccccc1. The topological polar surface area (TPSA) is 9.23 Å². The van der Waals surface area contributed by atoms with Crippen LogP contribution in [-0.4, -0.2) is 7.11 Å². The molecule has 0 amide bonds. The molecule has 1 heteroatoms. The normalized spacial score (nSPS) is 9.42. The van der Waals surface area contributed by atoms with E-state index in [9.17, 15) is 0 Å². The molecular formula is C18H24O. The van der Waals surface area contributed by atoms with Gasteiger partial charge in [-0.15, -0.1) is 0 Å². The molecule has 0 aromatic heterocycles. The Morgan fingerprint density at radius 2 is 1.42 bits per heavy atom. The molecular weight excluding hydrogens is 232 g/mol. The van der Waals surface area contributed by atoms with Gasteiger partial charge in [0.2, 0.25) is 0 Å². The summed E-state index contributed by atoms with van der Waals surface area (Å²) in [4.78, 5) is 0. The Morgan fingerprint density at radius 3 is 1.84 bits per heavy atom. The lowest BCUT2D eigenvalue weighted by Gasteiger charge is -2.00. The highest BCUT2D eigenvalue weighted by Gasteiger charge is 1.91. The Bertz CT molecular complexity index is 431. The van der Waals surface area contributed by atoms with Gasteiger partial charge in [0.15, 0.2) is 0 Å². The van der Waals surface area contributed by atoms with Crippen LogP contribution in [0.3, 0.4) is 0 Å². The van der Waals surface area contributed by atoms with Gasteiger partial charge >= 0.3 is 0 Å². The summed E-state index contributed by atoms with van der Waals surface area (Å²) in [5, 5.41) is 0. The molecule has 0 aliphatic heterocycles. The molecule has 0 aliphatic carbocycles. The van der Waals surface area contributed by atoms with Crippen molar-refractivity contribution in [1.82, 2.24) is 0 Å². The fourth-order valence-corrected chi connectivity index (χ4v) is 1.79. The van der Waals surface area contributed by atoms with Crippen LogP contribution < -0.4 is 4.74 Å². The van der Waals surface area contributed by atoms with Crippen molar-refractivity contribution >= 4 is 0 Å². The number of hydrogen-bond donors (Lipinski definition) is 0. The monoisotopic (exact) mass is 256 g/mol. The van der Waals surface area contributed by atoms with Crippen LogP contribution in [0.2, 0.25) is 0 Å². The highest BCUT2D eigenvalue weighted by atomic mass is 16.5. The van der Waals surface area contributed by atoms with E-state index in [1.165, 1.54) is 17.5 Å². The van der Waals surface area contributed by atoms with E-state index in [1.54, 1.807) is 7.11 Å². The third-order valence-electron chi connectivity index (χ3n) is 2.95. The molecule has 1 nitrogen and oxygen atoms in total. The van der Waals surface area contributed by atoms with Gasteiger partial charge in [0.05, 0.1) is 7.11 Å². The molecule has 0 aliphatic rings. The summed E-state index contributed by atoms with van der Waals surface area (Å²) in [5.41, 5.74) is 2.79. The zero-order valence-electron chi connectivity index (χ0n) is 12.2. The summed E-state index contributed by atoms with van der Waals surface area (Å²) in [6.45, 7) is 4.35. The van der Waals surface area contributed by atoms with Gasteiger partial charge < -0.3 is 4.74 Å². The van der Waals surface area contributed by atoms with Gasteiger partial charge in [0.1, 0.15) is 5.75 Å². The van der Waals surface area contributed by atoms with Crippen molar-refractivity contribution in [3.8, 4) is 5.75 Å². The van der Waals surface area contributed by atoms with Crippen LogP contribution in [0.4, 0.5) is 0 Å². The Hall–Kier alpha value is -1.76. The van der Waals surface area contributed by atoms with Gasteiger partial charge in [-0.3, -0.25) is 0 Å². The zero-order valence-corrected chi connectivity index (χ0v) is 12.2. The maximum absolute atomic E-state index is 5.05. The van der Waals surface area contributed by atoms with E-state index in [0.717, 1.165) is 18.6 Å². The lowest BCUT2D eigenvalue weighted by atomic mass is 10.1. The molecule has 0 saturated carbocycles. The molecule has 19 heavy (non-hydrogen) atoms. The summed E-state index contributed by atoms with van der Waals surface area (Å²) in [6, 6.07) is 18.7. The maximum atomic E-state index is 5.05. The highest BCUT2D eigenvalue weighted by molar-refractivity contribution is 5.27. The Kier molecular flexibility index (Phi) is 7.41. The van der Waals surface area contributed by atoms with Crippen molar-refractivity contribution in [3.63, 3.8) is 0 Å². The Balaban J connectivity index is 0.000000200. The predicted octanol–water partition coefficient (Wildman–Crippen LogP) is 4.90. The van der Waals surface area contributed by atoms with Gasteiger partial charge in [-0.05, 0) is 36.1 Å². The van der Waals surface area contributed by atoms with Crippen LogP contribution in [0.15, 0.2) is 54.6 Å². The number of benzene rings is 2. The molecule has 0 spiro atoms. The first-order chi connectivity index (χ1) is 9.30. The quantitative estimate of drug-likeness (QED) is 0.756. The summed E-state index contributed by atoms with van der Waals surface area (Å²) < 4.78 is 5.05. The van der Waals surface area contributed by atoms with E-state index in [4.69, 9.17) is 4.74 Å². The fraction of sp³-hybridized carbons (Fsp3) is 0.333. The molecule has 0 heterocycles. The number of methoxy groups -OCH3 is 1. The molecule has 0 bridgehead atoms. The van der Waals surface area contributed by atoms with Crippen molar-refractivity contribution in [1.29, 1.82) is 0 Å². The van der Waals surface area contributed by atoms with Crippen LogP contribution in [-0.2, 0) is 12.8 Å². The molecule has 0 unspecified atom stereocenters. The summed E-state index contributed by atoms with van der Waals surface area (Å²) in [5.74, 6) is 0.935. The van der Waals surface area contributed by atoms with Crippen molar-refractivity contribution in [2.75, 3.05) is 7.11 Å². The van der Waals surface area contributed by atoms with Gasteiger partial charge in [0, 0.05) is 0 Å². The number of rotatable bonds is 4. The number of hydrogen-bond acceptors (Lipinski definition) is 1. The molecule has 0 saturated heterocycles. The molecule has 2 rings (SSSR count). The number of aryl methyl sites for hydroxylation is 2. The lowest BCUT2D eigenvalue weighted by molar-refractivity contribution is 0.414. The molecule has 0 radical (unpaired) electrons. The van der Waals surface area contributed by atoms with Gasteiger partial charge in [-0.25, -0.2) is 0 Å². The van der Waals surface area contributed by atoms with E-state index >= 15 is 0 Å². The molecule has 0 fully saturated rings. The lowest BCUT2D eigenvalue weighted by Crippen LogP contribution is -1.84. The molecule has 2 aromatic carbocycles. The first-order valence-electron chi connectivity index (χ1n) is 6.97. The molecule has 2 aromatic rings. The second-order valence-electron chi connectivity index (χ2n) is 4.44. The van der Waals surface area contributed by atoms with E-state index in [1.807, 2.05) is 18.2 Å². The highest BCUT2D eigenvalue weighted by Crippen LogP contribution is 2.12. The van der Waals surface area contributed by atoms with Gasteiger partial charge in [0.25, 0.3) is 0 Å². The van der Waals surface area contributed by atoms with E-state index in [0.29, 0.717) is 0 Å². The van der Waals surface area contributed by atoms with Gasteiger partial charge in [-0.1, -0.05) is 62.7 Å². The summed E-state index contributed by atoms with van der Waals surface area (Å²) in [6.07, 6.45) is 3.50. The van der Waals surface area contributed by atoms with E-state index in [-0.39, 0.29) is 0 Å². The third kappa shape index (κ3) is 6.10. The predicted molar refractivity (Wildman–Crippen MR) is 82.8 cm³/mol. The zero-order chi connectivity index (χ0) is 13.9. The summed E-state index contributed by atoms with van der Waals surface area (Å²) in [7, 11) is 1.69.